The molecule has 3 heteroatoms. The number of carbonyl (C=O) groups is 1. The van der Waals surface area contributed by atoms with Crippen molar-refractivity contribution >= 4 is 5.97 Å². The van der Waals surface area contributed by atoms with Crippen LogP contribution in [-0.4, -0.2) is 18.2 Å². The first kappa shape index (κ1) is 13.6. The standard InChI is InChI=1S/C16H18O3/c1-12(15(17)18)13-7-6-10-16(11-13,19-2)14-8-4-3-5-9-14/h3-10,12H,11H2,1-2H3,(H,17,18). The van der Waals surface area contributed by atoms with E-state index >= 15 is 0 Å². The number of rotatable bonds is 4. The maximum Gasteiger partial charge on any atom is 0.310 e. The van der Waals surface area contributed by atoms with Gasteiger partial charge in [-0.15, -0.1) is 0 Å². The molecule has 0 amide bonds. The van der Waals surface area contributed by atoms with E-state index in [-0.39, 0.29) is 0 Å². The van der Waals surface area contributed by atoms with Crippen LogP contribution in [0.25, 0.3) is 0 Å². The summed E-state index contributed by atoms with van der Waals surface area (Å²) in [5.41, 5.74) is 1.35. The lowest BCUT2D eigenvalue weighted by molar-refractivity contribution is -0.140. The summed E-state index contributed by atoms with van der Waals surface area (Å²) in [6, 6.07) is 9.88. The molecule has 0 bridgehead atoms. The second kappa shape index (κ2) is 5.41. The van der Waals surface area contributed by atoms with Crippen molar-refractivity contribution < 1.29 is 14.6 Å². The number of benzene rings is 1. The molecule has 0 saturated carbocycles. The highest BCUT2D eigenvalue weighted by Crippen LogP contribution is 2.38. The van der Waals surface area contributed by atoms with Crippen molar-refractivity contribution in [1.29, 1.82) is 0 Å². The molecule has 3 nitrogen and oxygen atoms in total. The Morgan fingerprint density at radius 3 is 2.63 bits per heavy atom. The van der Waals surface area contributed by atoms with Crippen LogP contribution in [0.15, 0.2) is 54.1 Å². The van der Waals surface area contributed by atoms with Crippen molar-refractivity contribution in [2.45, 2.75) is 18.9 Å². The zero-order valence-corrected chi connectivity index (χ0v) is 11.2. The van der Waals surface area contributed by atoms with E-state index in [1.54, 1.807) is 14.0 Å². The van der Waals surface area contributed by atoms with Crippen molar-refractivity contribution in [3.63, 3.8) is 0 Å². The van der Waals surface area contributed by atoms with Gasteiger partial charge in [0.25, 0.3) is 0 Å². The van der Waals surface area contributed by atoms with Crippen molar-refractivity contribution in [3.8, 4) is 0 Å². The zero-order valence-electron chi connectivity index (χ0n) is 11.2. The molecule has 0 radical (unpaired) electrons. The third-order valence-corrected chi connectivity index (χ3v) is 3.70. The van der Waals surface area contributed by atoms with E-state index < -0.39 is 17.5 Å². The van der Waals surface area contributed by atoms with Gasteiger partial charge in [-0.2, -0.15) is 0 Å². The third kappa shape index (κ3) is 2.61. The van der Waals surface area contributed by atoms with E-state index in [2.05, 4.69) is 0 Å². The Morgan fingerprint density at radius 1 is 1.37 bits per heavy atom. The normalized spacial score (nSPS) is 23.8. The predicted octanol–water partition coefficient (Wildman–Crippen LogP) is 3.14. The Labute approximate surface area is 113 Å². The molecule has 1 aliphatic rings. The van der Waals surface area contributed by atoms with Crippen molar-refractivity contribution in [1.82, 2.24) is 0 Å². The Hall–Kier alpha value is -1.87. The molecule has 0 fully saturated rings. The number of ether oxygens (including phenoxy) is 1. The number of hydrogen-bond acceptors (Lipinski definition) is 2. The van der Waals surface area contributed by atoms with E-state index in [1.807, 2.05) is 48.6 Å². The Kier molecular flexibility index (Phi) is 3.86. The molecular weight excluding hydrogens is 240 g/mol. The monoisotopic (exact) mass is 258 g/mol. The van der Waals surface area contributed by atoms with Gasteiger partial charge in [0.15, 0.2) is 0 Å². The lowest BCUT2D eigenvalue weighted by Crippen LogP contribution is -2.30. The Morgan fingerprint density at radius 2 is 2.05 bits per heavy atom. The molecule has 1 aliphatic carbocycles. The van der Waals surface area contributed by atoms with E-state index in [0.29, 0.717) is 6.42 Å². The molecule has 0 heterocycles. The number of carboxylic acids is 1. The summed E-state index contributed by atoms with van der Waals surface area (Å²) >= 11 is 0. The topological polar surface area (TPSA) is 46.5 Å². The Balaban J connectivity index is 2.34. The van der Waals surface area contributed by atoms with E-state index in [9.17, 15) is 4.79 Å². The van der Waals surface area contributed by atoms with Gasteiger partial charge in [0.05, 0.1) is 5.92 Å². The fourth-order valence-electron chi connectivity index (χ4n) is 2.38. The number of carboxylic acid groups (broad SMARTS) is 1. The average molecular weight is 258 g/mol. The second-order valence-corrected chi connectivity index (χ2v) is 4.80. The van der Waals surface area contributed by atoms with Crippen LogP contribution in [0.1, 0.15) is 18.9 Å². The first-order valence-electron chi connectivity index (χ1n) is 6.31. The summed E-state index contributed by atoms with van der Waals surface area (Å²) < 4.78 is 5.70. The largest absolute Gasteiger partial charge is 0.481 e. The molecule has 2 unspecified atom stereocenters. The van der Waals surface area contributed by atoms with Crippen LogP contribution in [0.4, 0.5) is 0 Å². The maximum atomic E-state index is 11.1. The second-order valence-electron chi connectivity index (χ2n) is 4.80. The van der Waals surface area contributed by atoms with Gasteiger partial charge < -0.3 is 9.84 Å². The van der Waals surface area contributed by atoms with Gasteiger partial charge in [-0.1, -0.05) is 48.1 Å². The van der Waals surface area contributed by atoms with Crippen molar-refractivity contribution in [3.05, 3.63) is 59.7 Å². The van der Waals surface area contributed by atoms with Gasteiger partial charge in [-0.25, -0.2) is 0 Å². The first-order chi connectivity index (χ1) is 9.09. The minimum Gasteiger partial charge on any atom is -0.481 e. The fraction of sp³-hybridized carbons (Fsp3) is 0.312. The third-order valence-electron chi connectivity index (χ3n) is 3.70. The molecule has 1 aromatic rings. The summed E-state index contributed by atoms with van der Waals surface area (Å²) in [6.07, 6.45) is 6.31. The molecule has 1 N–H and O–H groups in total. The summed E-state index contributed by atoms with van der Waals surface area (Å²) in [6.45, 7) is 1.71. The molecule has 19 heavy (non-hydrogen) atoms. The molecule has 0 spiro atoms. The molecular formula is C16H18O3. The average Bonchev–Trinajstić information content (AvgIpc) is 2.47. The minimum atomic E-state index is -0.806. The van der Waals surface area contributed by atoms with Crippen LogP contribution in [-0.2, 0) is 15.1 Å². The SMILES string of the molecule is COC1(c2ccccc2)C=CC=C(C(C)C(=O)O)C1. The predicted molar refractivity (Wildman–Crippen MR) is 73.8 cm³/mol. The van der Waals surface area contributed by atoms with Gasteiger partial charge in [0, 0.05) is 13.5 Å². The van der Waals surface area contributed by atoms with Crippen LogP contribution in [0.5, 0.6) is 0 Å². The van der Waals surface area contributed by atoms with Crippen molar-refractivity contribution in [2.75, 3.05) is 7.11 Å². The van der Waals surface area contributed by atoms with Gasteiger partial charge in [0.1, 0.15) is 5.60 Å². The highest BCUT2D eigenvalue weighted by Gasteiger charge is 2.34. The van der Waals surface area contributed by atoms with Gasteiger partial charge in [0.2, 0.25) is 0 Å². The summed E-state index contributed by atoms with van der Waals surface area (Å²) in [5, 5.41) is 9.14. The van der Waals surface area contributed by atoms with Gasteiger partial charge in [-0.3, -0.25) is 4.79 Å². The molecule has 2 atom stereocenters. The van der Waals surface area contributed by atoms with E-state index in [0.717, 1.165) is 11.1 Å². The van der Waals surface area contributed by atoms with Crippen LogP contribution in [0, 0.1) is 5.92 Å². The van der Waals surface area contributed by atoms with Crippen LogP contribution < -0.4 is 0 Å². The van der Waals surface area contributed by atoms with E-state index in [1.165, 1.54) is 0 Å². The number of methoxy groups -OCH3 is 1. The summed E-state index contributed by atoms with van der Waals surface area (Å²) in [7, 11) is 1.66. The highest BCUT2D eigenvalue weighted by molar-refractivity contribution is 5.73. The van der Waals surface area contributed by atoms with Gasteiger partial charge in [-0.05, 0) is 18.6 Å². The smallest absolute Gasteiger partial charge is 0.310 e. The quantitative estimate of drug-likeness (QED) is 0.902. The van der Waals surface area contributed by atoms with E-state index in [4.69, 9.17) is 9.84 Å². The highest BCUT2D eigenvalue weighted by atomic mass is 16.5. The molecule has 100 valence electrons. The van der Waals surface area contributed by atoms with Crippen LogP contribution in [0.3, 0.4) is 0 Å². The fourth-order valence-corrected chi connectivity index (χ4v) is 2.38. The van der Waals surface area contributed by atoms with Crippen molar-refractivity contribution in [2.24, 2.45) is 5.92 Å². The van der Waals surface area contributed by atoms with Crippen LogP contribution >= 0.6 is 0 Å². The maximum absolute atomic E-state index is 11.1. The lowest BCUT2D eigenvalue weighted by Gasteiger charge is -2.34. The summed E-state index contributed by atoms with van der Waals surface area (Å²) in [5.74, 6) is -1.30. The minimum absolute atomic E-state index is 0.497. The molecule has 2 rings (SSSR count). The first-order valence-corrected chi connectivity index (χ1v) is 6.31. The molecule has 0 aliphatic heterocycles. The van der Waals surface area contributed by atoms with Gasteiger partial charge >= 0.3 is 5.97 Å². The zero-order chi connectivity index (χ0) is 13.9. The lowest BCUT2D eigenvalue weighted by atomic mass is 9.80. The molecule has 0 aromatic heterocycles. The number of aliphatic carboxylic acids is 1. The number of hydrogen-bond donors (Lipinski definition) is 1. The van der Waals surface area contributed by atoms with Crippen LogP contribution in [0.2, 0.25) is 0 Å². The molecule has 0 saturated heterocycles. The molecule has 1 aromatic carbocycles. The summed E-state index contributed by atoms with van der Waals surface area (Å²) in [4.78, 5) is 11.1. The number of allylic oxidation sites excluding steroid dienone is 2. The Bertz CT molecular complexity index is 516.